The summed E-state index contributed by atoms with van der Waals surface area (Å²) in [5, 5.41) is 15.3. The van der Waals surface area contributed by atoms with Crippen molar-refractivity contribution in [2.45, 2.75) is 45.1 Å². The van der Waals surface area contributed by atoms with Gasteiger partial charge in [0.15, 0.2) is 0 Å². The van der Waals surface area contributed by atoms with Crippen LogP contribution in [-0.2, 0) is 0 Å². The molecule has 0 aliphatic heterocycles. The standard InChI is InChI=1S/C13H20N2O2S/c1-9-4-3-5-13(6-9,8-16)15-12(17)11-7-18-10(2)14-11/h7,9,16H,3-6,8H2,1-2H3,(H,15,17). The van der Waals surface area contributed by atoms with Gasteiger partial charge in [-0.3, -0.25) is 4.79 Å². The number of nitrogens with one attached hydrogen (secondary N) is 1. The summed E-state index contributed by atoms with van der Waals surface area (Å²) in [4.78, 5) is 16.3. The van der Waals surface area contributed by atoms with Crippen molar-refractivity contribution in [1.29, 1.82) is 0 Å². The van der Waals surface area contributed by atoms with Crippen LogP contribution in [0.15, 0.2) is 5.38 Å². The number of hydrogen-bond donors (Lipinski definition) is 2. The lowest BCUT2D eigenvalue weighted by Crippen LogP contribution is -2.53. The Morgan fingerprint density at radius 2 is 2.50 bits per heavy atom. The molecule has 4 nitrogen and oxygen atoms in total. The highest BCUT2D eigenvalue weighted by Crippen LogP contribution is 2.32. The molecule has 1 aromatic heterocycles. The molecule has 0 radical (unpaired) electrons. The van der Waals surface area contributed by atoms with Crippen LogP contribution >= 0.6 is 11.3 Å². The molecule has 1 aliphatic rings. The molecular formula is C13H20N2O2S. The van der Waals surface area contributed by atoms with Crippen LogP contribution in [0.3, 0.4) is 0 Å². The molecule has 0 spiro atoms. The summed E-state index contributed by atoms with van der Waals surface area (Å²) in [6.07, 6.45) is 3.92. The summed E-state index contributed by atoms with van der Waals surface area (Å²) in [6.45, 7) is 4.06. The van der Waals surface area contributed by atoms with Gasteiger partial charge in [0, 0.05) is 5.38 Å². The number of aromatic nitrogens is 1. The number of hydrogen-bond acceptors (Lipinski definition) is 4. The van der Waals surface area contributed by atoms with E-state index in [1.807, 2.05) is 6.92 Å². The van der Waals surface area contributed by atoms with Crippen molar-refractivity contribution in [2.24, 2.45) is 5.92 Å². The largest absolute Gasteiger partial charge is 0.394 e. The number of carbonyl (C=O) groups is 1. The molecule has 1 amide bonds. The van der Waals surface area contributed by atoms with E-state index >= 15 is 0 Å². The number of aliphatic hydroxyl groups excluding tert-OH is 1. The van der Waals surface area contributed by atoms with Crippen LogP contribution in [0.2, 0.25) is 0 Å². The lowest BCUT2D eigenvalue weighted by molar-refractivity contribution is 0.0693. The predicted octanol–water partition coefficient (Wildman–Crippen LogP) is 2.12. The Morgan fingerprint density at radius 1 is 1.72 bits per heavy atom. The molecule has 2 rings (SSSR count). The van der Waals surface area contributed by atoms with Crippen molar-refractivity contribution >= 4 is 17.2 Å². The normalized spacial score (nSPS) is 28.1. The molecule has 0 saturated heterocycles. The second-order valence-corrected chi connectivity index (χ2v) is 6.41. The molecule has 2 atom stereocenters. The van der Waals surface area contributed by atoms with Gasteiger partial charge in [-0.05, 0) is 25.7 Å². The van der Waals surface area contributed by atoms with Gasteiger partial charge in [-0.1, -0.05) is 19.8 Å². The monoisotopic (exact) mass is 268 g/mol. The summed E-state index contributed by atoms with van der Waals surface area (Å²) in [5.41, 5.74) is 0.00951. The van der Waals surface area contributed by atoms with Crippen LogP contribution in [0, 0.1) is 12.8 Å². The molecule has 0 aromatic carbocycles. The van der Waals surface area contributed by atoms with Crippen LogP contribution in [0.25, 0.3) is 0 Å². The van der Waals surface area contributed by atoms with Crippen LogP contribution in [0.4, 0.5) is 0 Å². The zero-order valence-corrected chi connectivity index (χ0v) is 11.7. The van der Waals surface area contributed by atoms with Crippen LogP contribution in [0.5, 0.6) is 0 Å². The van der Waals surface area contributed by atoms with Gasteiger partial charge in [0.2, 0.25) is 0 Å². The first-order chi connectivity index (χ1) is 8.54. The summed E-state index contributed by atoms with van der Waals surface area (Å²) in [5.74, 6) is 0.380. The number of aliphatic hydroxyl groups is 1. The molecule has 2 unspecified atom stereocenters. The molecule has 1 heterocycles. The SMILES string of the molecule is Cc1nc(C(=O)NC2(CO)CCCC(C)C2)cs1. The summed E-state index contributed by atoms with van der Waals surface area (Å²) < 4.78 is 0. The Bertz CT molecular complexity index is 432. The summed E-state index contributed by atoms with van der Waals surface area (Å²) in [6, 6.07) is 0. The van der Waals surface area contributed by atoms with Crippen molar-refractivity contribution in [3.63, 3.8) is 0 Å². The quantitative estimate of drug-likeness (QED) is 0.882. The topological polar surface area (TPSA) is 62.2 Å². The number of carbonyl (C=O) groups excluding carboxylic acids is 1. The van der Waals surface area contributed by atoms with Gasteiger partial charge >= 0.3 is 0 Å². The molecule has 100 valence electrons. The number of rotatable bonds is 3. The van der Waals surface area contributed by atoms with E-state index in [-0.39, 0.29) is 12.5 Å². The molecular weight excluding hydrogens is 248 g/mol. The number of nitrogens with zero attached hydrogens (tertiary/aromatic N) is 1. The van der Waals surface area contributed by atoms with Crippen LogP contribution < -0.4 is 5.32 Å². The van der Waals surface area contributed by atoms with Gasteiger partial charge in [-0.2, -0.15) is 0 Å². The first kappa shape index (κ1) is 13.5. The molecule has 1 fully saturated rings. The second-order valence-electron chi connectivity index (χ2n) is 5.35. The van der Waals surface area contributed by atoms with E-state index in [1.165, 1.54) is 17.8 Å². The third-order valence-corrected chi connectivity index (χ3v) is 4.40. The van der Waals surface area contributed by atoms with Gasteiger partial charge < -0.3 is 10.4 Å². The van der Waals surface area contributed by atoms with Gasteiger partial charge in [0.05, 0.1) is 17.2 Å². The van der Waals surface area contributed by atoms with Gasteiger partial charge in [-0.25, -0.2) is 4.98 Å². The second kappa shape index (κ2) is 5.36. The average molecular weight is 268 g/mol. The zero-order chi connectivity index (χ0) is 13.2. The third-order valence-electron chi connectivity index (χ3n) is 3.62. The lowest BCUT2D eigenvalue weighted by atomic mass is 9.77. The molecule has 5 heteroatoms. The van der Waals surface area contributed by atoms with E-state index in [9.17, 15) is 9.90 Å². The Kier molecular flexibility index (Phi) is 4.02. The maximum Gasteiger partial charge on any atom is 0.271 e. The first-order valence-electron chi connectivity index (χ1n) is 6.40. The van der Waals surface area contributed by atoms with E-state index in [2.05, 4.69) is 17.2 Å². The van der Waals surface area contributed by atoms with Gasteiger partial charge in [-0.15, -0.1) is 11.3 Å². The zero-order valence-electron chi connectivity index (χ0n) is 10.9. The van der Waals surface area contributed by atoms with E-state index in [0.717, 1.165) is 24.3 Å². The molecule has 18 heavy (non-hydrogen) atoms. The van der Waals surface area contributed by atoms with Gasteiger partial charge in [0.1, 0.15) is 5.69 Å². The predicted molar refractivity (Wildman–Crippen MR) is 71.8 cm³/mol. The maximum absolute atomic E-state index is 12.1. The fourth-order valence-corrected chi connectivity index (χ4v) is 3.32. The minimum atomic E-state index is -0.452. The van der Waals surface area contributed by atoms with Crippen molar-refractivity contribution < 1.29 is 9.90 Å². The number of aryl methyl sites for hydroxylation is 1. The lowest BCUT2D eigenvalue weighted by Gasteiger charge is -2.39. The summed E-state index contributed by atoms with van der Waals surface area (Å²) >= 11 is 1.47. The van der Waals surface area contributed by atoms with Gasteiger partial charge in [0.25, 0.3) is 5.91 Å². The van der Waals surface area contributed by atoms with E-state index in [1.54, 1.807) is 5.38 Å². The molecule has 1 aliphatic carbocycles. The minimum Gasteiger partial charge on any atom is -0.394 e. The third kappa shape index (κ3) is 2.90. The fraction of sp³-hybridized carbons (Fsp3) is 0.692. The van der Waals surface area contributed by atoms with Crippen molar-refractivity contribution in [1.82, 2.24) is 10.3 Å². The summed E-state index contributed by atoms with van der Waals surface area (Å²) in [7, 11) is 0. The van der Waals surface area contributed by atoms with Crippen molar-refractivity contribution in [3.8, 4) is 0 Å². The average Bonchev–Trinajstić information content (AvgIpc) is 2.76. The first-order valence-corrected chi connectivity index (χ1v) is 7.28. The highest BCUT2D eigenvalue weighted by Gasteiger charge is 2.36. The Balaban J connectivity index is 2.08. The molecule has 1 aromatic rings. The number of amides is 1. The molecule has 0 bridgehead atoms. The highest BCUT2D eigenvalue weighted by molar-refractivity contribution is 7.09. The Hall–Kier alpha value is -0.940. The van der Waals surface area contributed by atoms with Crippen LogP contribution in [0.1, 0.15) is 48.1 Å². The van der Waals surface area contributed by atoms with Crippen molar-refractivity contribution in [3.05, 3.63) is 16.1 Å². The Labute approximate surface area is 111 Å². The van der Waals surface area contributed by atoms with Crippen molar-refractivity contribution in [2.75, 3.05) is 6.61 Å². The molecule has 2 N–H and O–H groups in total. The van der Waals surface area contributed by atoms with E-state index < -0.39 is 5.54 Å². The minimum absolute atomic E-state index is 0.00615. The Morgan fingerprint density at radius 3 is 3.06 bits per heavy atom. The smallest absolute Gasteiger partial charge is 0.271 e. The van der Waals surface area contributed by atoms with E-state index in [0.29, 0.717) is 11.6 Å². The number of thiazole rings is 1. The fourth-order valence-electron chi connectivity index (χ4n) is 2.73. The maximum atomic E-state index is 12.1. The van der Waals surface area contributed by atoms with E-state index in [4.69, 9.17) is 0 Å². The highest BCUT2D eigenvalue weighted by atomic mass is 32.1. The van der Waals surface area contributed by atoms with Crippen LogP contribution in [-0.4, -0.2) is 28.1 Å². The molecule has 1 saturated carbocycles.